The summed E-state index contributed by atoms with van der Waals surface area (Å²) in [6, 6.07) is 12.7. The van der Waals surface area contributed by atoms with E-state index in [1.807, 2.05) is 24.3 Å². The number of anilines is 1. The Kier molecular flexibility index (Phi) is 3.47. The monoisotopic (exact) mass is 279 g/mol. The van der Waals surface area contributed by atoms with Crippen molar-refractivity contribution in [2.24, 2.45) is 0 Å². The van der Waals surface area contributed by atoms with Crippen molar-refractivity contribution in [2.45, 2.75) is 0 Å². The Labute approximate surface area is 121 Å². The van der Waals surface area contributed by atoms with E-state index in [0.717, 1.165) is 16.7 Å². The molecule has 0 saturated carbocycles. The normalized spacial score (nSPS) is 10.3. The van der Waals surface area contributed by atoms with Gasteiger partial charge in [-0.05, 0) is 30.3 Å². The van der Waals surface area contributed by atoms with Crippen LogP contribution in [0.4, 0.5) is 5.82 Å². The van der Waals surface area contributed by atoms with Crippen molar-refractivity contribution in [2.75, 3.05) is 12.4 Å². The second-order valence-electron chi connectivity index (χ2n) is 4.45. The minimum absolute atomic E-state index is 0.237. The second kappa shape index (κ2) is 5.58. The van der Waals surface area contributed by atoms with Crippen LogP contribution in [0.5, 0.6) is 5.75 Å². The van der Waals surface area contributed by atoms with Crippen LogP contribution >= 0.6 is 0 Å². The first-order valence-corrected chi connectivity index (χ1v) is 6.42. The SMILES string of the molecule is COc1ccc2cc(C(=O)Nc3ccccn3)cnc2c1. The number of aromatic nitrogens is 2. The lowest BCUT2D eigenvalue weighted by Crippen LogP contribution is -2.13. The quantitative estimate of drug-likeness (QED) is 0.800. The molecular weight excluding hydrogens is 266 g/mol. The number of rotatable bonds is 3. The van der Waals surface area contributed by atoms with Gasteiger partial charge in [-0.25, -0.2) is 4.98 Å². The summed E-state index contributed by atoms with van der Waals surface area (Å²) < 4.78 is 5.15. The number of hydrogen-bond acceptors (Lipinski definition) is 4. The first-order valence-electron chi connectivity index (χ1n) is 6.42. The third kappa shape index (κ3) is 2.81. The number of nitrogens with zero attached hydrogens (tertiary/aromatic N) is 2. The molecule has 0 aliphatic carbocycles. The zero-order valence-corrected chi connectivity index (χ0v) is 11.4. The van der Waals surface area contributed by atoms with E-state index in [4.69, 9.17) is 4.74 Å². The smallest absolute Gasteiger partial charge is 0.258 e. The average Bonchev–Trinajstić information content (AvgIpc) is 2.54. The summed E-state index contributed by atoms with van der Waals surface area (Å²) in [5, 5.41) is 3.61. The van der Waals surface area contributed by atoms with Gasteiger partial charge < -0.3 is 10.1 Å². The summed E-state index contributed by atoms with van der Waals surface area (Å²) >= 11 is 0. The predicted octanol–water partition coefficient (Wildman–Crippen LogP) is 2.89. The molecule has 0 spiro atoms. The maximum atomic E-state index is 12.2. The first-order chi connectivity index (χ1) is 10.3. The molecule has 1 N–H and O–H groups in total. The molecule has 0 fully saturated rings. The van der Waals surface area contributed by atoms with Gasteiger partial charge in [-0.3, -0.25) is 9.78 Å². The van der Waals surface area contributed by atoms with Gasteiger partial charge >= 0.3 is 0 Å². The van der Waals surface area contributed by atoms with E-state index < -0.39 is 0 Å². The van der Waals surface area contributed by atoms with Crippen LogP contribution in [0.25, 0.3) is 10.9 Å². The molecule has 2 aromatic heterocycles. The van der Waals surface area contributed by atoms with Crippen molar-refractivity contribution in [1.29, 1.82) is 0 Å². The maximum Gasteiger partial charge on any atom is 0.258 e. The fourth-order valence-corrected chi connectivity index (χ4v) is 1.98. The Morgan fingerprint density at radius 1 is 1.14 bits per heavy atom. The van der Waals surface area contributed by atoms with E-state index >= 15 is 0 Å². The third-order valence-corrected chi connectivity index (χ3v) is 3.06. The lowest BCUT2D eigenvalue weighted by atomic mass is 10.1. The largest absolute Gasteiger partial charge is 0.497 e. The summed E-state index contributed by atoms with van der Waals surface area (Å²) in [7, 11) is 1.61. The highest BCUT2D eigenvalue weighted by Gasteiger charge is 2.08. The van der Waals surface area contributed by atoms with Crippen LogP contribution < -0.4 is 10.1 Å². The van der Waals surface area contributed by atoms with Crippen molar-refractivity contribution < 1.29 is 9.53 Å². The standard InChI is InChI=1S/C16H13N3O2/c1-21-13-6-5-11-8-12(10-18-14(11)9-13)16(20)19-15-4-2-3-7-17-15/h2-10H,1H3,(H,17,19,20). The molecule has 1 aromatic carbocycles. The topological polar surface area (TPSA) is 64.1 Å². The molecule has 5 heteroatoms. The summed E-state index contributed by atoms with van der Waals surface area (Å²) in [6.45, 7) is 0. The number of ether oxygens (including phenoxy) is 1. The molecule has 0 bridgehead atoms. The molecule has 0 saturated heterocycles. The fourth-order valence-electron chi connectivity index (χ4n) is 1.98. The van der Waals surface area contributed by atoms with Gasteiger partial charge in [0.05, 0.1) is 18.2 Å². The molecule has 0 atom stereocenters. The molecule has 3 aromatic rings. The van der Waals surface area contributed by atoms with Crippen LogP contribution in [0.3, 0.4) is 0 Å². The summed E-state index contributed by atoms with van der Waals surface area (Å²) in [4.78, 5) is 20.5. The minimum Gasteiger partial charge on any atom is -0.497 e. The number of carbonyl (C=O) groups is 1. The van der Waals surface area contributed by atoms with Gasteiger partial charge in [0.1, 0.15) is 11.6 Å². The molecule has 1 amide bonds. The number of carbonyl (C=O) groups excluding carboxylic acids is 1. The van der Waals surface area contributed by atoms with Crippen molar-refractivity contribution in [3.63, 3.8) is 0 Å². The maximum absolute atomic E-state index is 12.2. The van der Waals surface area contributed by atoms with E-state index in [1.165, 1.54) is 0 Å². The molecule has 104 valence electrons. The first kappa shape index (κ1) is 13.1. The van der Waals surface area contributed by atoms with Crippen LogP contribution in [0.15, 0.2) is 54.9 Å². The lowest BCUT2D eigenvalue weighted by Gasteiger charge is -2.06. The molecule has 5 nitrogen and oxygen atoms in total. The summed E-state index contributed by atoms with van der Waals surface area (Å²) in [6.07, 6.45) is 3.17. The van der Waals surface area contributed by atoms with Gasteiger partial charge in [-0.1, -0.05) is 6.07 Å². The molecule has 2 heterocycles. The molecule has 0 aliphatic rings. The molecular formula is C16H13N3O2. The molecule has 0 aliphatic heterocycles. The van der Waals surface area contributed by atoms with Crippen molar-refractivity contribution >= 4 is 22.6 Å². The van der Waals surface area contributed by atoms with Gasteiger partial charge in [0.25, 0.3) is 5.91 Å². The van der Waals surface area contributed by atoms with Gasteiger partial charge in [-0.2, -0.15) is 0 Å². The van der Waals surface area contributed by atoms with Crippen molar-refractivity contribution in [3.05, 3.63) is 60.4 Å². The predicted molar refractivity (Wildman–Crippen MR) is 80.5 cm³/mol. The van der Waals surface area contributed by atoms with E-state index in [-0.39, 0.29) is 5.91 Å². The number of benzene rings is 1. The van der Waals surface area contributed by atoms with Crippen LogP contribution in [0.1, 0.15) is 10.4 Å². The van der Waals surface area contributed by atoms with Gasteiger partial charge in [0.15, 0.2) is 0 Å². The number of pyridine rings is 2. The van der Waals surface area contributed by atoms with E-state index in [9.17, 15) is 4.79 Å². The second-order valence-corrected chi connectivity index (χ2v) is 4.45. The van der Waals surface area contributed by atoms with Gasteiger partial charge in [0.2, 0.25) is 0 Å². The van der Waals surface area contributed by atoms with E-state index in [2.05, 4.69) is 15.3 Å². The Balaban J connectivity index is 1.88. The highest BCUT2D eigenvalue weighted by atomic mass is 16.5. The number of methoxy groups -OCH3 is 1. The fraction of sp³-hybridized carbons (Fsp3) is 0.0625. The number of nitrogens with one attached hydrogen (secondary N) is 1. The third-order valence-electron chi connectivity index (χ3n) is 3.06. The zero-order valence-electron chi connectivity index (χ0n) is 11.4. The van der Waals surface area contributed by atoms with E-state index in [1.54, 1.807) is 37.7 Å². The van der Waals surface area contributed by atoms with Crippen molar-refractivity contribution in [1.82, 2.24) is 9.97 Å². The number of amides is 1. The zero-order chi connectivity index (χ0) is 14.7. The Bertz CT molecular complexity index is 788. The van der Waals surface area contributed by atoms with Crippen LogP contribution in [0.2, 0.25) is 0 Å². The molecule has 0 unspecified atom stereocenters. The Hall–Kier alpha value is -2.95. The Morgan fingerprint density at radius 3 is 2.81 bits per heavy atom. The molecule has 3 rings (SSSR count). The highest BCUT2D eigenvalue weighted by Crippen LogP contribution is 2.20. The van der Waals surface area contributed by atoms with Crippen LogP contribution in [-0.2, 0) is 0 Å². The van der Waals surface area contributed by atoms with Gasteiger partial charge in [-0.15, -0.1) is 0 Å². The average molecular weight is 279 g/mol. The summed E-state index contributed by atoms with van der Waals surface area (Å²) in [5.74, 6) is 1.01. The minimum atomic E-state index is -0.237. The summed E-state index contributed by atoms with van der Waals surface area (Å²) in [5.41, 5.74) is 1.27. The van der Waals surface area contributed by atoms with E-state index in [0.29, 0.717) is 11.4 Å². The highest BCUT2D eigenvalue weighted by molar-refractivity contribution is 6.05. The number of fused-ring (bicyclic) bond motifs is 1. The lowest BCUT2D eigenvalue weighted by molar-refractivity contribution is 0.102. The van der Waals surface area contributed by atoms with Gasteiger partial charge in [0, 0.05) is 23.8 Å². The van der Waals surface area contributed by atoms with Crippen LogP contribution in [-0.4, -0.2) is 23.0 Å². The molecule has 21 heavy (non-hydrogen) atoms. The van der Waals surface area contributed by atoms with Crippen molar-refractivity contribution in [3.8, 4) is 5.75 Å². The number of hydrogen-bond donors (Lipinski definition) is 1. The molecule has 0 radical (unpaired) electrons. The Morgan fingerprint density at radius 2 is 2.05 bits per heavy atom. The van der Waals surface area contributed by atoms with Crippen LogP contribution in [0, 0.1) is 0 Å².